The van der Waals surface area contributed by atoms with E-state index in [-0.39, 0.29) is 29.1 Å². The third-order valence-corrected chi connectivity index (χ3v) is 11.0. The van der Waals surface area contributed by atoms with Crippen LogP contribution < -0.4 is 11.2 Å². The number of nitrogens with zero attached hydrogens (tertiary/aromatic N) is 1. The van der Waals surface area contributed by atoms with Gasteiger partial charge in [-0.2, -0.15) is 0 Å². The lowest BCUT2D eigenvalue weighted by Gasteiger charge is -2.39. The SMILES string of the molecule is Cc1cn([C@H]2C[C@@H](O[Si](C)(C)C(C)(C)C)[C@@H](COC3CCCCO3)O2)c(=O)[nH]c1=O. The van der Waals surface area contributed by atoms with E-state index in [1.807, 2.05) is 0 Å². The van der Waals surface area contributed by atoms with Crippen LogP contribution in [0.15, 0.2) is 15.8 Å². The first-order chi connectivity index (χ1) is 14.0. The van der Waals surface area contributed by atoms with Gasteiger partial charge < -0.3 is 18.6 Å². The topological polar surface area (TPSA) is 91.8 Å². The summed E-state index contributed by atoms with van der Waals surface area (Å²) in [5.41, 5.74) is -0.383. The predicted octanol–water partition coefficient (Wildman–Crippen LogP) is 3.07. The van der Waals surface area contributed by atoms with E-state index < -0.39 is 20.2 Å². The lowest BCUT2D eigenvalue weighted by molar-refractivity contribution is -0.185. The van der Waals surface area contributed by atoms with E-state index in [1.54, 1.807) is 13.1 Å². The zero-order valence-corrected chi connectivity index (χ0v) is 20.0. The smallest absolute Gasteiger partial charge is 0.330 e. The van der Waals surface area contributed by atoms with Crippen molar-refractivity contribution in [2.24, 2.45) is 0 Å². The van der Waals surface area contributed by atoms with Crippen LogP contribution in [0.4, 0.5) is 0 Å². The second kappa shape index (κ2) is 9.08. The number of rotatable bonds is 6. The third-order valence-electron chi connectivity index (χ3n) is 6.47. The minimum atomic E-state index is -2.06. The maximum atomic E-state index is 12.4. The summed E-state index contributed by atoms with van der Waals surface area (Å²) in [6, 6.07) is 0. The van der Waals surface area contributed by atoms with Gasteiger partial charge in [-0.3, -0.25) is 14.3 Å². The van der Waals surface area contributed by atoms with Crippen molar-refractivity contribution in [3.63, 3.8) is 0 Å². The largest absolute Gasteiger partial charge is 0.411 e. The van der Waals surface area contributed by atoms with Gasteiger partial charge in [-0.05, 0) is 44.3 Å². The van der Waals surface area contributed by atoms with E-state index in [4.69, 9.17) is 18.6 Å². The molecule has 170 valence electrons. The van der Waals surface area contributed by atoms with E-state index in [0.29, 0.717) is 18.6 Å². The lowest BCUT2D eigenvalue weighted by Crippen LogP contribution is -2.46. The molecule has 2 aliphatic rings. The van der Waals surface area contributed by atoms with E-state index in [1.165, 1.54) is 4.57 Å². The maximum Gasteiger partial charge on any atom is 0.330 e. The van der Waals surface area contributed by atoms with Gasteiger partial charge in [0, 0.05) is 24.8 Å². The number of nitrogens with one attached hydrogen (secondary N) is 1. The molecule has 3 rings (SSSR count). The molecule has 1 N–H and O–H groups in total. The van der Waals surface area contributed by atoms with Crippen molar-refractivity contribution >= 4 is 8.32 Å². The maximum absolute atomic E-state index is 12.4. The van der Waals surface area contributed by atoms with Gasteiger partial charge in [-0.15, -0.1) is 0 Å². The van der Waals surface area contributed by atoms with Gasteiger partial charge in [0.25, 0.3) is 5.56 Å². The van der Waals surface area contributed by atoms with Crippen LogP contribution in [0.1, 0.15) is 58.2 Å². The molecule has 1 aromatic heterocycles. The molecular formula is C21H36N2O6Si. The van der Waals surface area contributed by atoms with Crippen LogP contribution in [0, 0.1) is 6.92 Å². The molecule has 0 amide bonds. The van der Waals surface area contributed by atoms with Crippen LogP contribution in [0.2, 0.25) is 18.1 Å². The Morgan fingerprint density at radius 2 is 2.00 bits per heavy atom. The molecule has 3 heterocycles. The average Bonchev–Trinajstić information content (AvgIpc) is 3.04. The molecular weight excluding hydrogens is 404 g/mol. The van der Waals surface area contributed by atoms with Crippen LogP contribution in [-0.2, 0) is 18.6 Å². The molecule has 1 aromatic rings. The van der Waals surface area contributed by atoms with E-state index >= 15 is 0 Å². The summed E-state index contributed by atoms with van der Waals surface area (Å²) in [5.74, 6) is 0. The molecule has 2 fully saturated rings. The Morgan fingerprint density at radius 1 is 1.27 bits per heavy atom. The average molecular weight is 441 g/mol. The van der Waals surface area contributed by atoms with Gasteiger partial charge in [0.1, 0.15) is 12.3 Å². The summed E-state index contributed by atoms with van der Waals surface area (Å²) in [7, 11) is -2.06. The van der Waals surface area contributed by atoms with Crippen LogP contribution in [-0.4, -0.2) is 49.6 Å². The normalized spacial score (nSPS) is 28.1. The first-order valence-corrected chi connectivity index (χ1v) is 13.8. The third kappa shape index (κ3) is 5.31. The molecule has 30 heavy (non-hydrogen) atoms. The van der Waals surface area contributed by atoms with Crippen molar-refractivity contribution in [2.75, 3.05) is 13.2 Å². The van der Waals surface area contributed by atoms with Crippen molar-refractivity contribution < 1.29 is 18.6 Å². The Hall–Kier alpha value is -1.26. The number of hydrogen-bond donors (Lipinski definition) is 1. The van der Waals surface area contributed by atoms with Crippen LogP contribution in [0.25, 0.3) is 0 Å². The zero-order valence-electron chi connectivity index (χ0n) is 19.0. The molecule has 0 radical (unpaired) electrons. The van der Waals surface area contributed by atoms with Crippen LogP contribution in [0.3, 0.4) is 0 Å². The molecule has 0 saturated carbocycles. The molecule has 9 heteroatoms. The molecule has 0 bridgehead atoms. The van der Waals surface area contributed by atoms with Crippen LogP contribution in [0.5, 0.6) is 0 Å². The Bertz CT molecular complexity index is 837. The van der Waals surface area contributed by atoms with Crippen LogP contribution >= 0.6 is 0 Å². The zero-order chi connectivity index (χ0) is 22.1. The summed E-state index contributed by atoms with van der Waals surface area (Å²) in [4.78, 5) is 26.5. The van der Waals surface area contributed by atoms with Gasteiger partial charge in [-0.1, -0.05) is 20.8 Å². The van der Waals surface area contributed by atoms with Gasteiger partial charge in [0.15, 0.2) is 14.6 Å². The highest BCUT2D eigenvalue weighted by atomic mass is 28.4. The summed E-state index contributed by atoms with van der Waals surface area (Å²) < 4.78 is 26.0. The first-order valence-electron chi connectivity index (χ1n) is 10.9. The monoisotopic (exact) mass is 440 g/mol. The Balaban J connectivity index is 1.79. The van der Waals surface area contributed by atoms with Crippen molar-refractivity contribution in [1.82, 2.24) is 9.55 Å². The molecule has 0 spiro atoms. The molecule has 0 aromatic carbocycles. The molecule has 0 aliphatic carbocycles. The number of ether oxygens (including phenoxy) is 3. The summed E-state index contributed by atoms with van der Waals surface area (Å²) in [6.45, 7) is 13.7. The van der Waals surface area contributed by atoms with Gasteiger partial charge in [-0.25, -0.2) is 4.79 Å². The minimum absolute atomic E-state index is 0.0500. The Labute approximate surface area is 179 Å². The van der Waals surface area contributed by atoms with Gasteiger partial charge in [0.05, 0.1) is 12.7 Å². The highest BCUT2D eigenvalue weighted by molar-refractivity contribution is 6.74. The summed E-state index contributed by atoms with van der Waals surface area (Å²) in [5, 5.41) is 0.0500. The van der Waals surface area contributed by atoms with Gasteiger partial charge >= 0.3 is 5.69 Å². The Kier molecular flexibility index (Phi) is 7.08. The lowest BCUT2D eigenvalue weighted by atomic mass is 10.2. The molecule has 1 unspecified atom stereocenters. The molecule has 4 atom stereocenters. The number of aromatic amines is 1. The molecule has 2 saturated heterocycles. The fourth-order valence-corrected chi connectivity index (χ4v) is 4.90. The highest BCUT2D eigenvalue weighted by Gasteiger charge is 2.45. The Morgan fingerprint density at radius 3 is 2.63 bits per heavy atom. The molecule has 8 nitrogen and oxygen atoms in total. The second-order valence-electron chi connectivity index (χ2n) is 9.89. The van der Waals surface area contributed by atoms with E-state index in [9.17, 15) is 9.59 Å². The number of aromatic nitrogens is 2. The molecule has 2 aliphatic heterocycles. The summed E-state index contributed by atoms with van der Waals surface area (Å²) >= 11 is 0. The summed E-state index contributed by atoms with van der Waals surface area (Å²) in [6.07, 6.45) is 3.88. The van der Waals surface area contributed by atoms with Crippen molar-refractivity contribution in [3.8, 4) is 0 Å². The van der Waals surface area contributed by atoms with Crippen molar-refractivity contribution in [1.29, 1.82) is 0 Å². The fraction of sp³-hybridized carbons (Fsp3) is 0.810. The number of H-pyrrole nitrogens is 1. The first kappa shape index (κ1) is 23.4. The van der Waals surface area contributed by atoms with Gasteiger partial charge in [0.2, 0.25) is 0 Å². The predicted molar refractivity (Wildman–Crippen MR) is 116 cm³/mol. The van der Waals surface area contributed by atoms with E-state index in [0.717, 1.165) is 25.9 Å². The number of aryl methyl sites for hydroxylation is 1. The van der Waals surface area contributed by atoms with E-state index in [2.05, 4.69) is 38.8 Å². The number of hydrogen-bond acceptors (Lipinski definition) is 6. The fourth-order valence-electron chi connectivity index (χ4n) is 3.55. The minimum Gasteiger partial charge on any atom is -0.411 e. The highest BCUT2D eigenvalue weighted by Crippen LogP contribution is 2.41. The van der Waals surface area contributed by atoms with Crippen molar-refractivity contribution in [2.45, 2.75) is 96.2 Å². The quantitative estimate of drug-likeness (QED) is 0.684. The standard InChI is InChI=1S/C21H36N2O6Si/c1-14-12-23(20(25)22-19(14)24)17-11-15(29-30(5,6)21(2,3)4)16(28-17)13-27-18-9-7-8-10-26-18/h12,15-18H,7-11,13H2,1-6H3,(H,22,24,25)/t15-,16-,17-,18?/m1/s1. The second-order valence-corrected chi connectivity index (χ2v) is 14.6. The van der Waals surface area contributed by atoms with Crippen molar-refractivity contribution in [3.05, 3.63) is 32.6 Å².